The Morgan fingerprint density at radius 1 is 0.515 bits per heavy atom. The molecule has 5 saturated carbocycles. The van der Waals surface area contributed by atoms with Gasteiger partial charge in [-0.2, -0.15) is 0 Å². The zero-order chi connectivity index (χ0) is 24.5. The molecule has 0 radical (unpaired) electrons. The topological polar surface area (TPSA) is 0 Å². The van der Waals surface area contributed by atoms with Crippen LogP contribution in [-0.2, 0) is 0 Å². The lowest BCUT2D eigenvalue weighted by Gasteiger charge is -2.78. The van der Waals surface area contributed by atoms with Crippen LogP contribution in [0.1, 0.15) is 147 Å². The molecule has 0 N–H and O–H groups in total. The highest BCUT2D eigenvalue weighted by atomic mass is 14.8. The molecule has 5 aliphatic rings. The maximum absolute atomic E-state index is 2.82. The van der Waals surface area contributed by atoms with Gasteiger partial charge in [0.15, 0.2) is 0 Å². The van der Waals surface area contributed by atoms with Gasteiger partial charge in [-0.05, 0) is 132 Å². The zero-order valence-electron chi connectivity index (χ0n) is 24.5. The Kier molecular flexibility index (Phi) is 4.97. The van der Waals surface area contributed by atoms with Gasteiger partial charge in [-0.25, -0.2) is 0 Å². The molecule has 190 valence electrons. The number of hydrogen-bond acceptors (Lipinski definition) is 0. The summed E-state index contributed by atoms with van der Waals surface area (Å²) in [6, 6.07) is 0. The lowest BCUT2D eigenvalue weighted by molar-refractivity contribution is -0.295. The molecular formula is C33H58. The molecule has 0 bridgehead atoms. The highest BCUT2D eigenvalue weighted by molar-refractivity contribution is 5.23. The van der Waals surface area contributed by atoms with Crippen molar-refractivity contribution in [2.24, 2.45) is 61.1 Å². The molecule has 33 heavy (non-hydrogen) atoms. The van der Waals surface area contributed by atoms with E-state index in [1.807, 2.05) is 0 Å². The molecule has 0 amide bonds. The lowest BCUT2D eigenvalue weighted by Crippen LogP contribution is -2.71. The van der Waals surface area contributed by atoms with Gasteiger partial charge in [-0.1, -0.05) is 76.2 Å². The molecule has 0 aromatic carbocycles. The summed E-state index contributed by atoms with van der Waals surface area (Å²) >= 11 is 0. The number of rotatable bonds is 0. The van der Waals surface area contributed by atoms with Crippen LogP contribution in [0.5, 0.6) is 0 Å². The van der Waals surface area contributed by atoms with E-state index < -0.39 is 0 Å². The lowest BCUT2D eigenvalue weighted by atomic mass is 9.26. The van der Waals surface area contributed by atoms with Crippen LogP contribution >= 0.6 is 0 Å². The first-order valence-corrected chi connectivity index (χ1v) is 14.9. The van der Waals surface area contributed by atoms with E-state index >= 15 is 0 Å². The van der Waals surface area contributed by atoms with Gasteiger partial charge in [0, 0.05) is 0 Å². The van der Waals surface area contributed by atoms with E-state index in [0.717, 1.165) is 17.8 Å². The van der Waals surface area contributed by atoms with Gasteiger partial charge < -0.3 is 0 Å². The van der Waals surface area contributed by atoms with Crippen LogP contribution in [0.4, 0.5) is 0 Å². The van der Waals surface area contributed by atoms with E-state index in [9.17, 15) is 0 Å². The molecule has 0 aromatic rings. The molecule has 5 aliphatic carbocycles. The standard InChI is InChI=1S/C33H58/c1-23-27(4,5)14-12-24-29(23,7)15-13-25-30(24,8)19-21-32(10)31(25,9)20-18-28(6)17-16-26(2,3)22-33(28,32)11/h23-25H,12-22H2,1-11H3/t23-,24+,25-,28+,29+,30-,31+,32+,33+/m0/s1. The average molecular weight is 455 g/mol. The maximum Gasteiger partial charge on any atom is -0.0208 e. The van der Waals surface area contributed by atoms with Crippen molar-refractivity contribution in [2.45, 2.75) is 147 Å². The molecule has 0 aromatic heterocycles. The summed E-state index contributed by atoms with van der Waals surface area (Å²) in [5, 5.41) is 0. The minimum Gasteiger partial charge on any atom is -0.0615 e. The van der Waals surface area contributed by atoms with Crippen LogP contribution in [0.2, 0.25) is 0 Å². The fraction of sp³-hybridized carbons (Fsp3) is 1.00. The van der Waals surface area contributed by atoms with E-state index in [4.69, 9.17) is 0 Å². The van der Waals surface area contributed by atoms with Gasteiger partial charge in [0.05, 0.1) is 0 Å². The van der Waals surface area contributed by atoms with Gasteiger partial charge in [0.1, 0.15) is 0 Å². The van der Waals surface area contributed by atoms with Crippen LogP contribution < -0.4 is 0 Å². The Hall–Kier alpha value is 0. The van der Waals surface area contributed by atoms with Crippen molar-refractivity contribution in [3.63, 3.8) is 0 Å². The predicted octanol–water partition coefficient (Wildman–Crippen LogP) is 10.3. The van der Waals surface area contributed by atoms with Crippen molar-refractivity contribution in [1.82, 2.24) is 0 Å². The summed E-state index contributed by atoms with van der Waals surface area (Å²) in [6.07, 6.45) is 16.2. The highest BCUT2D eigenvalue weighted by Crippen LogP contribution is 2.82. The fourth-order valence-corrected chi connectivity index (χ4v) is 12.6. The van der Waals surface area contributed by atoms with Crippen molar-refractivity contribution in [3.8, 4) is 0 Å². The van der Waals surface area contributed by atoms with Crippen molar-refractivity contribution >= 4 is 0 Å². The largest absolute Gasteiger partial charge is 0.0615 e. The molecule has 0 nitrogen and oxygen atoms in total. The Bertz CT molecular complexity index is 820. The Balaban J connectivity index is 1.57. The van der Waals surface area contributed by atoms with Crippen molar-refractivity contribution in [1.29, 1.82) is 0 Å². The van der Waals surface area contributed by atoms with E-state index in [2.05, 4.69) is 76.2 Å². The van der Waals surface area contributed by atoms with Gasteiger partial charge in [-0.3, -0.25) is 0 Å². The van der Waals surface area contributed by atoms with Crippen molar-refractivity contribution in [3.05, 3.63) is 0 Å². The Labute approximate surface area is 207 Å². The molecule has 0 heterocycles. The first kappa shape index (κ1) is 24.7. The molecule has 5 fully saturated rings. The Morgan fingerprint density at radius 2 is 1.12 bits per heavy atom. The van der Waals surface area contributed by atoms with E-state index in [0.29, 0.717) is 43.3 Å². The van der Waals surface area contributed by atoms with Crippen LogP contribution in [0, 0.1) is 61.1 Å². The minimum atomic E-state index is 0.471. The van der Waals surface area contributed by atoms with Gasteiger partial charge in [-0.15, -0.1) is 0 Å². The second kappa shape index (κ2) is 6.65. The summed E-state index contributed by atoms with van der Waals surface area (Å²) in [4.78, 5) is 0. The third kappa shape index (κ3) is 2.77. The third-order valence-corrected chi connectivity index (χ3v) is 15.7. The summed E-state index contributed by atoms with van der Waals surface area (Å²) in [6.45, 7) is 29.6. The molecule has 5 rings (SSSR count). The first-order chi connectivity index (χ1) is 14.9. The minimum absolute atomic E-state index is 0.471. The quantitative estimate of drug-likeness (QED) is 0.341. The maximum atomic E-state index is 2.82. The van der Waals surface area contributed by atoms with Crippen molar-refractivity contribution in [2.75, 3.05) is 0 Å². The van der Waals surface area contributed by atoms with Gasteiger partial charge in [0.2, 0.25) is 0 Å². The summed E-state index contributed by atoms with van der Waals surface area (Å²) in [5.41, 5.74) is 4.08. The zero-order valence-corrected chi connectivity index (χ0v) is 24.5. The average Bonchev–Trinajstić information content (AvgIpc) is 2.70. The summed E-state index contributed by atoms with van der Waals surface area (Å²) in [7, 11) is 0. The highest BCUT2D eigenvalue weighted by Gasteiger charge is 2.74. The second-order valence-corrected chi connectivity index (χ2v) is 17.4. The fourth-order valence-electron chi connectivity index (χ4n) is 12.6. The third-order valence-electron chi connectivity index (χ3n) is 15.7. The van der Waals surface area contributed by atoms with Crippen LogP contribution in [0.25, 0.3) is 0 Å². The summed E-state index contributed by atoms with van der Waals surface area (Å²) in [5.74, 6) is 2.69. The van der Waals surface area contributed by atoms with Crippen LogP contribution in [-0.4, -0.2) is 0 Å². The van der Waals surface area contributed by atoms with Gasteiger partial charge >= 0.3 is 0 Å². The molecule has 0 saturated heterocycles. The number of hydrogen-bond donors (Lipinski definition) is 0. The van der Waals surface area contributed by atoms with Gasteiger partial charge in [0.25, 0.3) is 0 Å². The molecular weight excluding hydrogens is 396 g/mol. The molecule has 0 heteroatoms. The molecule has 0 spiro atoms. The van der Waals surface area contributed by atoms with Crippen LogP contribution in [0.3, 0.4) is 0 Å². The molecule has 0 unspecified atom stereocenters. The van der Waals surface area contributed by atoms with E-state index in [1.54, 1.807) is 0 Å². The SMILES string of the molecule is C[C@H]1C(C)(C)CC[C@@H]2[C@]1(C)CC[C@H]1[C@@]2(C)CC[C@@]2(C)[C@]3(C)CC(C)(C)CC[C@]3(C)CC[C@]12C. The molecule has 9 atom stereocenters. The van der Waals surface area contributed by atoms with Crippen molar-refractivity contribution < 1.29 is 0 Å². The first-order valence-electron chi connectivity index (χ1n) is 14.9. The van der Waals surface area contributed by atoms with E-state index in [-0.39, 0.29) is 0 Å². The van der Waals surface area contributed by atoms with E-state index in [1.165, 1.54) is 70.6 Å². The van der Waals surface area contributed by atoms with Crippen LogP contribution in [0.15, 0.2) is 0 Å². The molecule has 0 aliphatic heterocycles. The second-order valence-electron chi connectivity index (χ2n) is 17.4. The Morgan fingerprint density at radius 3 is 1.79 bits per heavy atom. The monoisotopic (exact) mass is 454 g/mol. The number of fused-ring (bicyclic) bond motifs is 7. The smallest absolute Gasteiger partial charge is 0.0208 e. The predicted molar refractivity (Wildman–Crippen MR) is 143 cm³/mol. The summed E-state index contributed by atoms with van der Waals surface area (Å²) < 4.78 is 0. The normalized spacial score (nSPS) is 59.5.